The summed E-state index contributed by atoms with van der Waals surface area (Å²) in [7, 11) is 1.62. The largest absolute Gasteiger partial charge is 0.496 e. The smallest absolute Gasteiger partial charge is 0.234 e. The summed E-state index contributed by atoms with van der Waals surface area (Å²) in [6.45, 7) is 1.65. The van der Waals surface area contributed by atoms with Crippen LogP contribution in [-0.4, -0.2) is 38.8 Å². The number of amides is 1. The molecule has 0 bridgehead atoms. The van der Waals surface area contributed by atoms with Gasteiger partial charge in [-0.1, -0.05) is 30.3 Å². The molecule has 2 aromatic rings. The fraction of sp³-hybridized carbons (Fsp3) is 0.316. The third kappa shape index (κ3) is 4.64. The molecule has 0 aromatic heterocycles. The Bertz CT molecular complexity index is 720. The lowest BCUT2D eigenvalue weighted by Crippen LogP contribution is -2.42. The molecule has 6 heteroatoms. The van der Waals surface area contributed by atoms with Crippen molar-refractivity contribution in [2.75, 3.05) is 26.8 Å². The first kappa shape index (κ1) is 17.1. The van der Waals surface area contributed by atoms with Gasteiger partial charge in [-0.3, -0.25) is 4.79 Å². The third-order valence-electron chi connectivity index (χ3n) is 3.89. The maximum absolute atomic E-state index is 12.0. The Hall–Kier alpha value is -2.73. The van der Waals surface area contributed by atoms with Gasteiger partial charge in [0.15, 0.2) is 11.5 Å². The standard InChI is InChI=1S/C19H22N2O4/c1-23-16-7-3-2-6-14(16)10-21-19(22)12-20-11-15-13-24-17-8-4-5-9-18(17)25-15/h2-9,15,20H,10-13H2,1H3,(H,21,22). The van der Waals surface area contributed by atoms with Gasteiger partial charge < -0.3 is 24.8 Å². The molecule has 0 fully saturated rings. The summed E-state index contributed by atoms with van der Waals surface area (Å²) in [4.78, 5) is 12.0. The summed E-state index contributed by atoms with van der Waals surface area (Å²) >= 11 is 0. The average molecular weight is 342 g/mol. The molecule has 0 aliphatic carbocycles. The first-order valence-corrected chi connectivity index (χ1v) is 8.24. The fourth-order valence-corrected chi connectivity index (χ4v) is 2.62. The van der Waals surface area contributed by atoms with E-state index in [-0.39, 0.29) is 18.6 Å². The van der Waals surface area contributed by atoms with Crippen LogP contribution in [0.2, 0.25) is 0 Å². The molecule has 1 unspecified atom stereocenters. The summed E-state index contributed by atoms with van der Waals surface area (Å²) in [5.41, 5.74) is 0.943. The van der Waals surface area contributed by atoms with Crippen LogP contribution >= 0.6 is 0 Å². The van der Waals surface area contributed by atoms with E-state index in [2.05, 4.69) is 10.6 Å². The highest BCUT2D eigenvalue weighted by molar-refractivity contribution is 5.78. The molecule has 2 aromatic carbocycles. The van der Waals surface area contributed by atoms with Gasteiger partial charge in [0.05, 0.1) is 13.7 Å². The monoisotopic (exact) mass is 342 g/mol. The number of nitrogens with one attached hydrogen (secondary N) is 2. The number of benzene rings is 2. The highest BCUT2D eigenvalue weighted by atomic mass is 16.6. The van der Waals surface area contributed by atoms with E-state index in [1.54, 1.807) is 7.11 Å². The van der Waals surface area contributed by atoms with Gasteiger partial charge in [-0.15, -0.1) is 0 Å². The number of carbonyl (C=O) groups is 1. The first-order chi connectivity index (χ1) is 12.3. The topological polar surface area (TPSA) is 68.8 Å². The van der Waals surface area contributed by atoms with Gasteiger partial charge in [0.2, 0.25) is 5.91 Å². The fourth-order valence-electron chi connectivity index (χ4n) is 2.62. The van der Waals surface area contributed by atoms with E-state index >= 15 is 0 Å². The Labute approximate surface area is 147 Å². The number of para-hydroxylation sites is 3. The van der Waals surface area contributed by atoms with Crippen LogP contribution in [0.15, 0.2) is 48.5 Å². The van der Waals surface area contributed by atoms with Crippen molar-refractivity contribution in [2.45, 2.75) is 12.6 Å². The zero-order chi connectivity index (χ0) is 17.5. The van der Waals surface area contributed by atoms with Gasteiger partial charge >= 0.3 is 0 Å². The highest BCUT2D eigenvalue weighted by Gasteiger charge is 2.20. The molecule has 6 nitrogen and oxygen atoms in total. The molecule has 0 radical (unpaired) electrons. The van der Waals surface area contributed by atoms with Gasteiger partial charge in [0, 0.05) is 18.7 Å². The van der Waals surface area contributed by atoms with E-state index in [1.807, 2.05) is 48.5 Å². The van der Waals surface area contributed by atoms with Crippen molar-refractivity contribution in [3.05, 3.63) is 54.1 Å². The Morgan fingerprint density at radius 1 is 1.16 bits per heavy atom. The van der Waals surface area contributed by atoms with Crippen LogP contribution in [0.1, 0.15) is 5.56 Å². The van der Waals surface area contributed by atoms with Gasteiger partial charge in [0.25, 0.3) is 0 Å². The maximum atomic E-state index is 12.0. The molecular weight excluding hydrogens is 320 g/mol. The van der Waals surface area contributed by atoms with Crippen LogP contribution in [0.4, 0.5) is 0 Å². The Kier molecular flexibility index (Phi) is 5.74. The summed E-state index contributed by atoms with van der Waals surface area (Å²) in [6, 6.07) is 15.2. The number of carbonyl (C=O) groups excluding carboxylic acids is 1. The lowest BCUT2D eigenvalue weighted by Gasteiger charge is -2.26. The molecule has 132 valence electrons. The predicted molar refractivity (Wildman–Crippen MR) is 94.1 cm³/mol. The molecule has 0 spiro atoms. The van der Waals surface area contributed by atoms with Crippen molar-refractivity contribution in [3.63, 3.8) is 0 Å². The number of ether oxygens (including phenoxy) is 3. The summed E-state index contributed by atoms with van der Waals surface area (Å²) in [6.07, 6.45) is -0.114. The van der Waals surface area contributed by atoms with Crippen LogP contribution in [-0.2, 0) is 11.3 Å². The van der Waals surface area contributed by atoms with Crippen LogP contribution in [0.3, 0.4) is 0 Å². The second kappa shape index (κ2) is 8.39. The minimum atomic E-state index is -0.114. The third-order valence-corrected chi connectivity index (χ3v) is 3.89. The Balaban J connectivity index is 1.39. The van der Waals surface area contributed by atoms with Crippen LogP contribution in [0, 0.1) is 0 Å². The van der Waals surface area contributed by atoms with E-state index < -0.39 is 0 Å². The zero-order valence-corrected chi connectivity index (χ0v) is 14.2. The zero-order valence-electron chi connectivity index (χ0n) is 14.2. The minimum absolute atomic E-state index is 0.0805. The molecule has 3 rings (SSSR count). The molecule has 0 saturated carbocycles. The number of fused-ring (bicyclic) bond motifs is 1. The Morgan fingerprint density at radius 2 is 1.92 bits per heavy atom. The van der Waals surface area contributed by atoms with Crippen LogP contribution in [0.5, 0.6) is 17.2 Å². The Morgan fingerprint density at radius 3 is 2.76 bits per heavy atom. The first-order valence-electron chi connectivity index (χ1n) is 8.24. The van der Waals surface area contributed by atoms with Crippen LogP contribution in [0.25, 0.3) is 0 Å². The van der Waals surface area contributed by atoms with Crippen molar-refractivity contribution in [1.82, 2.24) is 10.6 Å². The number of methoxy groups -OCH3 is 1. The van der Waals surface area contributed by atoms with Gasteiger partial charge in [-0.05, 0) is 18.2 Å². The second-order valence-electron chi connectivity index (χ2n) is 5.72. The van der Waals surface area contributed by atoms with E-state index in [1.165, 1.54) is 0 Å². The van der Waals surface area contributed by atoms with Gasteiger partial charge in [0.1, 0.15) is 18.5 Å². The molecule has 1 aliphatic heterocycles. The molecule has 0 saturated heterocycles. The van der Waals surface area contributed by atoms with Crippen molar-refractivity contribution >= 4 is 5.91 Å². The van der Waals surface area contributed by atoms with E-state index in [9.17, 15) is 4.79 Å². The maximum Gasteiger partial charge on any atom is 0.234 e. The summed E-state index contributed by atoms with van der Waals surface area (Å²) < 4.78 is 16.8. The molecule has 1 aliphatic rings. The van der Waals surface area contributed by atoms with Crippen molar-refractivity contribution in [3.8, 4) is 17.2 Å². The van der Waals surface area contributed by atoms with E-state index in [0.29, 0.717) is 19.7 Å². The number of rotatable bonds is 7. The average Bonchev–Trinajstić information content (AvgIpc) is 2.66. The van der Waals surface area contributed by atoms with E-state index in [0.717, 1.165) is 22.8 Å². The van der Waals surface area contributed by atoms with Gasteiger partial charge in [-0.25, -0.2) is 0 Å². The molecule has 2 N–H and O–H groups in total. The van der Waals surface area contributed by atoms with Gasteiger partial charge in [-0.2, -0.15) is 0 Å². The quantitative estimate of drug-likeness (QED) is 0.802. The van der Waals surface area contributed by atoms with Crippen molar-refractivity contribution in [1.29, 1.82) is 0 Å². The molecule has 25 heavy (non-hydrogen) atoms. The lowest BCUT2D eigenvalue weighted by atomic mass is 10.2. The molecular formula is C19H22N2O4. The normalized spacial score (nSPS) is 15.5. The SMILES string of the molecule is COc1ccccc1CNC(=O)CNCC1COc2ccccc2O1. The lowest BCUT2D eigenvalue weighted by molar-refractivity contribution is -0.120. The molecule has 1 amide bonds. The minimum Gasteiger partial charge on any atom is -0.496 e. The van der Waals surface area contributed by atoms with Crippen molar-refractivity contribution < 1.29 is 19.0 Å². The number of hydrogen-bond acceptors (Lipinski definition) is 5. The number of hydrogen-bond donors (Lipinski definition) is 2. The predicted octanol–water partition coefficient (Wildman–Crippen LogP) is 1.74. The molecule has 1 heterocycles. The van der Waals surface area contributed by atoms with Crippen LogP contribution < -0.4 is 24.8 Å². The highest BCUT2D eigenvalue weighted by Crippen LogP contribution is 2.30. The summed E-state index contributed by atoms with van der Waals surface area (Å²) in [5.74, 6) is 2.18. The van der Waals surface area contributed by atoms with E-state index in [4.69, 9.17) is 14.2 Å². The van der Waals surface area contributed by atoms with Crippen molar-refractivity contribution in [2.24, 2.45) is 0 Å². The molecule has 1 atom stereocenters. The second-order valence-corrected chi connectivity index (χ2v) is 5.72. The summed E-state index contributed by atoms with van der Waals surface area (Å²) in [5, 5.41) is 5.98.